The van der Waals surface area contributed by atoms with Gasteiger partial charge in [-0.15, -0.1) is 0 Å². The highest BCUT2D eigenvalue weighted by atomic mass is 79.9. The number of pyridine rings is 1. The van der Waals surface area contributed by atoms with Crippen LogP contribution in [0.5, 0.6) is 0 Å². The number of amides is 1. The van der Waals surface area contributed by atoms with Crippen molar-refractivity contribution in [3.05, 3.63) is 21.9 Å². The molecule has 0 unspecified atom stereocenters. The Hall–Kier alpha value is -0.700. The van der Waals surface area contributed by atoms with Crippen molar-refractivity contribution in [2.45, 2.75) is 17.7 Å². The van der Waals surface area contributed by atoms with E-state index in [-0.39, 0.29) is 22.5 Å². The Morgan fingerprint density at radius 1 is 1.45 bits per heavy atom. The summed E-state index contributed by atoms with van der Waals surface area (Å²) in [5, 5.41) is -0.130. The van der Waals surface area contributed by atoms with E-state index in [0.717, 1.165) is 12.8 Å². The van der Waals surface area contributed by atoms with Gasteiger partial charge in [0.1, 0.15) is 10.0 Å². The molecule has 1 amide bonds. The SMILES string of the molecule is O=C(CNS(=O)(=O)c1cc(Br)cnc1Cl)N1CCCC1. The summed E-state index contributed by atoms with van der Waals surface area (Å²) >= 11 is 8.91. The quantitative estimate of drug-likeness (QED) is 0.798. The van der Waals surface area contributed by atoms with E-state index < -0.39 is 10.0 Å². The molecule has 20 heavy (non-hydrogen) atoms. The number of hydrogen-bond acceptors (Lipinski definition) is 4. The molecule has 1 N–H and O–H groups in total. The Morgan fingerprint density at radius 2 is 2.10 bits per heavy atom. The smallest absolute Gasteiger partial charge is 0.244 e. The van der Waals surface area contributed by atoms with Crippen LogP contribution in [-0.2, 0) is 14.8 Å². The van der Waals surface area contributed by atoms with Gasteiger partial charge in [-0.25, -0.2) is 18.1 Å². The Balaban J connectivity index is 2.07. The van der Waals surface area contributed by atoms with E-state index in [2.05, 4.69) is 25.6 Å². The highest BCUT2D eigenvalue weighted by Gasteiger charge is 2.23. The minimum absolute atomic E-state index is 0.130. The Labute approximate surface area is 130 Å². The molecule has 0 radical (unpaired) electrons. The Morgan fingerprint density at radius 3 is 2.75 bits per heavy atom. The summed E-state index contributed by atoms with van der Waals surface area (Å²) in [5.41, 5.74) is 0. The van der Waals surface area contributed by atoms with Gasteiger partial charge in [0.15, 0.2) is 0 Å². The lowest BCUT2D eigenvalue weighted by Gasteiger charge is -2.15. The van der Waals surface area contributed by atoms with Gasteiger partial charge in [-0.05, 0) is 34.8 Å². The number of hydrogen-bond donors (Lipinski definition) is 1. The third kappa shape index (κ3) is 3.69. The van der Waals surface area contributed by atoms with E-state index in [9.17, 15) is 13.2 Å². The third-order valence-electron chi connectivity index (χ3n) is 2.94. The number of likely N-dealkylation sites (tertiary alicyclic amines) is 1. The predicted molar refractivity (Wildman–Crippen MR) is 77.9 cm³/mol. The number of sulfonamides is 1. The molecule has 0 bridgehead atoms. The van der Waals surface area contributed by atoms with Gasteiger partial charge in [-0.3, -0.25) is 4.79 Å². The van der Waals surface area contributed by atoms with E-state index in [1.807, 2.05) is 0 Å². The maximum absolute atomic E-state index is 12.1. The maximum Gasteiger partial charge on any atom is 0.244 e. The van der Waals surface area contributed by atoms with Crippen LogP contribution < -0.4 is 4.72 Å². The second-order valence-electron chi connectivity index (χ2n) is 4.35. The van der Waals surface area contributed by atoms with Gasteiger partial charge in [0.25, 0.3) is 0 Å². The number of carbonyl (C=O) groups is 1. The average molecular weight is 383 g/mol. The van der Waals surface area contributed by atoms with E-state index >= 15 is 0 Å². The fourth-order valence-electron chi connectivity index (χ4n) is 1.91. The second-order valence-corrected chi connectivity index (χ2v) is 7.36. The monoisotopic (exact) mass is 381 g/mol. The van der Waals surface area contributed by atoms with E-state index in [1.54, 1.807) is 4.90 Å². The van der Waals surface area contributed by atoms with Crippen molar-refractivity contribution < 1.29 is 13.2 Å². The van der Waals surface area contributed by atoms with Gasteiger partial charge in [0, 0.05) is 23.8 Å². The lowest BCUT2D eigenvalue weighted by molar-refractivity contribution is -0.128. The van der Waals surface area contributed by atoms with E-state index in [1.165, 1.54) is 12.3 Å². The van der Waals surface area contributed by atoms with Crippen LogP contribution in [0.2, 0.25) is 5.15 Å². The molecule has 1 aromatic rings. The summed E-state index contributed by atoms with van der Waals surface area (Å²) in [6, 6.07) is 1.35. The molecular formula is C11H13BrClN3O3S. The highest BCUT2D eigenvalue weighted by Crippen LogP contribution is 2.22. The van der Waals surface area contributed by atoms with E-state index in [4.69, 9.17) is 11.6 Å². The fourth-order valence-corrected chi connectivity index (χ4v) is 3.82. The largest absolute Gasteiger partial charge is 0.342 e. The van der Waals surface area contributed by atoms with Crippen LogP contribution in [0.25, 0.3) is 0 Å². The molecule has 1 fully saturated rings. The lowest BCUT2D eigenvalue weighted by Crippen LogP contribution is -2.38. The number of nitrogens with zero attached hydrogens (tertiary/aromatic N) is 2. The second kappa shape index (κ2) is 6.38. The number of rotatable bonds is 4. The van der Waals surface area contributed by atoms with Crippen LogP contribution in [0.4, 0.5) is 0 Å². The first-order valence-corrected chi connectivity index (χ1v) is 8.64. The number of halogens is 2. The third-order valence-corrected chi connectivity index (χ3v) is 5.20. The number of aromatic nitrogens is 1. The summed E-state index contributed by atoms with van der Waals surface area (Å²) in [6.45, 7) is 1.09. The van der Waals surface area contributed by atoms with Gasteiger partial charge >= 0.3 is 0 Å². The topological polar surface area (TPSA) is 79.4 Å². The van der Waals surface area contributed by atoms with Crippen molar-refractivity contribution >= 4 is 43.5 Å². The predicted octanol–water partition coefficient (Wildman–Crippen LogP) is 1.40. The Kier molecular flexibility index (Phi) is 5.00. The fraction of sp³-hybridized carbons (Fsp3) is 0.455. The van der Waals surface area contributed by atoms with Gasteiger partial charge in [-0.2, -0.15) is 0 Å². The summed E-state index contributed by atoms with van der Waals surface area (Å²) in [7, 11) is -3.86. The maximum atomic E-state index is 12.1. The molecule has 0 aliphatic carbocycles. The Bertz CT molecular complexity index is 617. The standard InChI is InChI=1S/C11H13BrClN3O3S/c12-8-5-9(11(13)14-6-8)20(18,19)15-7-10(17)16-3-1-2-4-16/h5-6,15H,1-4,7H2. The molecule has 6 nitrogen and oxygen atoms in total. The molecule has 0 aromatic carbocycles. The molecule has 110 valence electrons. The molecule has 1 aromatic heterocycles. The lowest BCUT2D eigenvalue weighted by atomic mass is 10.4. The summed E-state index contributed by atoms with van der Waals surface area (Å²) < 4.78 is 26.9. The molecule has 1 aliphatic rings. The van der Waals surface area contributed by atoms with Crippen molar-refractivity contribution in [1.29, 1.82) is 0 Å². The normalized spacial score (nSPS) is 15.6. The van der Waals surface area contributed by atoms with Crippen LogP contribution in [0.15, 0.2) is 21.6 Å². The molecule has 2 rings (SSSR count). The number of nitrogens with one attached hydrogen (secondary N) is 1. The molecule has 9 heteroatoms. The first kappa shape index (κ1) is 15.7. The van der Waals surface area contributed by atoms with E-state index in [0.29, 0.717) is 17.6 Å². The first-order chi connectivity index (χ1) is 9.40. The van der Waals surface area contributed by atoms with Crippen molar-refractivity contribution in [3.8, 4) is 0 Å². The van der Waals surface area contributed by atoms with Crippen LogP contribution >= 0.6 is 27.5 Å². The van der Waals surface area contributed by atoms with Gasteiger partial charge in [-0.1, -0.05) is 11.6 Å². The van der Waals surface area contributed by atoms with Crippen molar-refractivity contribution in [3.63, 3.8) is 0 Å². The van der Waals surface area contributed by atoms with Gasteiger partial charge in [0.2, 0.25) is 15.9 Å². The zero-order valence-electron chi connectivity index (χ0n) is 10.5. The van der Waals surface area contributed by atoms with Crippen LogP contribution in [0, 0.1) is 0 Å². The molecule has 2 heterocycles. The van der Waals surface area contributed by atoms with Crippen LogP contribution in [-0.4, -0.2) is 43.8 Å². The van der Waals surface area contributed by atoms with Crippen molar-refractivity contribution in [2.24, 2.45) is 0 Å². The highest BCUT2D eigenvalue weighted by molar-refractivity contribution is 9.10. The molecule has 0 spiro atoms. The van der Waals surface area contributed by atoms with Gasteiger partial charge in [0.05, 0.1) is 6.54 Å². The summed E-state index contributed by atoms with van der Waals surface area (Å²) in [6.07, 6.45) is 3.32. The molecule has 0 saturated carbocycles. The number of carbonyl (C=O) groups excluding carboxylic acids is 1. The minimum Gasteiger partial charge on any atom is -0.342 e. The zero-order chi connectivity index (χ0) is 14.8. The summed E-state index contributed by atoms with van der Waals surface area (Å²) in [4.78, 5) is 17.1. The molecule has 0 atom stereocenters. The van der Waals surface area contributed by atoms with Crippen LogP contribution in [0.1, 0.15) is 12.8 Å². The van der Waals surface area contributed by atoms with Crippen molar-refractivity contribution in [1.82, 2.24) is 14.6 Å². The minimum atomic E-state index is -3.86. The molecule has 1 aliphatic heterocycles. The average Bonchev–Trinajstić information content (AvgIpc) is 2.93. The zero-order valence-corrected chi connectivity index (χ0v) is 13.6. The summed E-state index contributed by atoms with van der Waals surface area (Å²) in [5.74, 6) is -0.231. The van der Waals surface area contributed by atoms with Crippen molar-refractivity contribution in [2.75, 3.05) is 19.6 Å². The van der Waals surface area contributed by atoms with Gasteiger partial charge < -0.3 is 4.90 Å². The molecule has 1 saturated heterocycles. The first-order valence-electron chi connectivity index (χ1n) is 5.98. The molecular weight excluding hydrogens is 370 g/mol. The van der Waals surface area contributed by atoms with Crippen LogP contribution in [0.3, 0.4) is 0 Å².